The normalized spacial score (nSPS) is 15.6. The monoisotopic (exact) mass is 687 g/mol. The van der Waals surface area contributed by atoms with Gasteiger partial charge < -0.3 is 29.2 Å². The molecular formula is C34H34F5N5O5. The summed E-state index contributed by atoms with van der Waals surface area (Å²) in [5.74, 6) is -5.07. The van der Waals surface area contributed by atoms with Crippen molar-refractivity contribution >= 4 is 34.2 Å². The molecule has 3 heterocycles. The summed E-state index contributed by atoms with van der Waals surface area (Å²) in [5, 5.41) is 2.86. The number of amides is 1. The Morgan fingerprint density at radius 1 is 1.12 bits per heavy atom. The van der Waals surface area contributed by atoms with E-state index in [4.69, 9.17) is 9.47 Å². The second-order valence-electron chi connectivity index (χ2n) is 11.8. The zero-order valence-corrected chi connectivity index (χ0v) is 27.3. The Morgan fingerprint density at radius 2 is 1.82 bits per heavy atom. The molecule has 0 unspecified atom stereocenters. The van der Waals surface area contributed by atoms with Crippen molar-refractivity contribution in [1.29, 1.82) is 0 Å². The fourth-order valence-electron chi connectivity index (χ4n) is 5.99. The number of hydrogen-bond acceptors (Lipinski definition) is 8. The first-order valence-corrected chi connectivity index (χ1v) is 15.2. The number of alkyl halides is 3. The standard InChI is InChI=1S/C34H34F5N5O5/c1-18-27(42(2)3)16-23(32(46)43(18)4)22-9-8-19(21-7-6-10-40-30(21)22)13-26(33(47)48-5)41-31(45)29-24(35)14-20(15-25(29)36)44-11-12-49-17-28(44)34(37,38)39/h6-10,14-16,26,28H,11-13,17H2,1-5H3,(H,41,45)/t26-,28+/m0/s1. The largest absolute Gasteiger partial charge is 0.467 e. The summed E-state index contributed by atoms with van der Waals surface area (Å²) < 4.78 is 82.6. The summed E-state index contributed by atoms with van der Waals surface area (Å²) in [6.07, 6.45) is -3.39. The number of rotatable bonds is 8. The number of halogens is 5. The molecule has 0 saturated carbocycles. The van der Waals surface area contributed by atoms with Crippen molar-refractivity contribution < 1.29 is 41.0 Å². The molecule has 0 aliphatic carbocycles. The molecule has 10 nitrogen and oxygen atoms in total. The van der Waals surface area contributed by atoms with Crippen LogP contribution >= 0.6 is 0 Å². The number of ether oxygens (including phenoxy) is 2. The van der Waals surface area contributed by atoms with Gasteiger partial charge in [0.25, 0.3) is 11.5 Å². The van der Waals surface area contributed by atoms with Crippen LogP contribution in [0.5, 0.6) is 0 Å². The highest BCUT2D eigenvalue weighted by Crippen LogP contribution is 2.34. The Morgan fingerprint density at radius 3 is 2.45 bits per heavy atom. The van der Waals surface area contributed by atoms with E-state index in [1.165, 1.54) is 4.57 Å². The summed E-state index contributed by atoms with van der Waals surface area (Å²) in [7, 11) is 6.46. The molecule has 4 aromatic rings. The maximum Gasteiger partial charge on any atom is 0.411 e. The molecule has 49 heavy (non-hydrogen) atoms. The van der Waals surface area contributed by atoms with Crippen LogP contribution in [0, 0.1) is 18.6 Å². The van der Waals surface area contributed by atoms with Gasteiger partial charge >= 0.3 is 12.1 Å². The predicted molar refractivity (Wildman–Crippen MR) is 173 cm³/mol. The number of morpholine rings is 1. The maximum absolute atomic E-state index is 15.3. The number of hydrogen-bond donors (Lipinski definition) is 1. The topological polar surface area (TPSA) is 106 Å². The minimum Gasteiger partial charge on any atom is -0.467 e. The molecular weight excluding hydrogens is 653 g/mol. The second-order valence-corrected chi connectivity index (χ2v) is 11.8. The quantitative estimate of drug-likeness (QED) is 0.213. The van der Waals surface area contributed by atoms with Crippen LogP contribution in [0.2, 0.25) is 0 Å². The predicted octanol–water partition coefficient (Wildman–Crippen LogP) is 4.53. The van der Waals surface area contributed by atoms with Crippen LogP contribution in [0.15, 0.2) is 53.5 Å². The third kappa shape index (κ3) is 6.93. The average molecular weight is 688 g/mol. The fourth-order valence-corrected chi connectivity index (χ4v) is 5.99. The Balaban J connectivity index is 1.48. The molecule has 1 N–H and O–H groups in total. The van der Waals surface area contributed by atoms with Gasteiger partial charge in [0.05, 0.1) is 37.1 Å². The van der Waals surface area contributed by atoms with E-state index in [2.05, 4.69) is 10.3 Å². The molecule has 0 bridgehead atoms. The summed E-state index contributed by atoms with van der Waals surface area (Å²) in [6, 6.07) is 6.19. The third-order valence-electron chi connectivity index (χ3n) is 8.63. The van der Waals surface area contributed by atoms with Crippen LogP contribution in [0.3, 0.4) is 0 Å². The molecule has 2 atom stereocenters. The molecule has 1 amide bonds. The van der Waals surface area contributed by atoms with Gasteiger partial charge in [-0.05, 0) is 36.8 Å². The van der Waals surface area contributed by atoms with Gasteiger partial charge in [0.15, 0.2) is 0 Å². The van der Waals surface area contributed by atoms with Crippen LogP contribution in [0.4, 0.5) is 33.3 Å². The second kappa shape index (κ2) is 13.8. The number of benzene rings is 2. The molecule has 1 aliphatic rings. The zero-order chi connectivity index (χ0) is 35.8. The van der Waals surface area contributed by atoms with Gasteiger partial charge in [-0.25, -0.2) is 13.6 Å². The molecule has 0 radical (unpaired) electrons. The number of fused-ring (bicyclic) bond motifs is 1. The zero-order valence-electron chi connectivity index (χ0n) is 27.3. The van der Waals surface area contributed by atoms with Gasteiger partial charge in [-0.3, -0.25) is 14.6 Å². The molecule has 5 rings (SSSR count). The molecule has 1 fully saturated rings. The lowest BCUT2D eigenvalue weighted by Gasteiger charge is -2.38. The molecule has 2 aromatic carbocycles. The van der Waals surface area contributed by atoms with Gasteiger partial charge in [0, 0.05) is 62.6 Å². The number of nitrogens with one attached hydrogen (secondary N) is 1. The van der Waals surface area contributed by atoms with E-state index in [-0.39, 0.29) is 25.1 Å². The lowest BCUT2D eigenvalue weighted by molar-refractivity contribution is -0.167. The van der Waals surface area contributed by atoms with E-state index in [1.807, 2.05) is 25.9 Å². The summed E-state index contributed by atoms with van der Waals surface area (Å²) in [6.45, 7) is 0.735. The van der Waals surface area contributed by atoms with E-state index in [1.54, 1.807) is 43.6 Å². The first kappa shape index (κ1) is 35.3. The summed E-state index contributed by atoms with van der Waals surface area (Å²) >= 11 is 0. The highest BCUT2D eigenvalue weighted by molar-refractivity contribution is 5.99. The summed E-state index contributed by atoms with van der Waals surface area (Å²) in [4.78, 5) is 46.6. The molecule has 0 spiro atoms. The number of anilines is 2. The lowest BCUT2D eigenvalue weighted by Crippen LogP contribution is -2.53. The number of nitrogens with zero attached hydrogens (tertiary/aromatic N) is 4. The molecule has 260 valence electrons. The lowest BCUT2D eigenvalue weighted by atomic mass is 9.95. The minimum absolute atomic E-state index is 0.0944. The fraction of sp³-hybridized carbons (Fsp3) is 0.353. The maximum atomic E-state index is 15.3. The third-order valence-corrected chi connectivity index (χ3v) is 8.63. The molecule has 1 saturated heterocycles. The van der Waals surface area contributed by atoms with Gasteiger partial charge in [-0.1, -0.05) is 18.2 Å². The van der Waals surface area contributed by atoms with Crippen molar-refractivity contribution in [3.05, 3.63) is 87.5 Å². The Kier molecular flexibility index (Phi) is 9.95. The number of carbonyl (C=O) groups is 2. The Bertz CT molecular complexity index is 1960. The SMILES string of the molecule is COC(=O)[C@H](Cc1ccc(-c2cc(N(C)C)c(C)n(C)c2=O)c2ncccc12)NC(=O)c1c(F)cc(N2CCOC[C@@H]2C(F)(F)F)cc1F. The first-order chi connectivity index (χ1) is 23.1. The smallest absolute Gasteiger partial charge is 0.411 e. The van der Waals surface area contributed by atoms with Crippen LogP contribution in [0.25, 0.3) is 22.0 Å². The van der Waals surface area contributed by atoms with E-state index in [0.29, 0.717) is 39.7 Å². The van der Waals surface area contributed by atoms with E-state index >= 15 is 8.78 Å². The van der Waals surface area contributed by atoms with Gasteiger partial charge in [-0.2, -0.15) is 13.2 Å². The van der Waals surface area contributed by atoms with Gasteiger partial charge in [0.1, 0.15) is 29.3 Å². The van der Waals surface area contributed by atoms with Crippen molar-refractivity contribution in [1.82, 2.24) is 14.9 Å². The van der Waals surface area contributed by atoms with Crippen molar-refractivity contribution in [2.75, 3.05) is 50.8 Å². The van der Waals surface area contributed by atoms with Gasteiger partial charge in [-0.15, -0.1) is 0 Å². The van der Waals surface area contributed by atoms with E-state index in [0.717, 1.165) is 23.4 Å². The minimum atomic E-state index is -4.74. The summed E-state index contributed by atoms with van der Waals surface area (Å²) in [5.41, 5.74) is 1.69. The van der Waals surface area contributed by atoms with Crippen molar-refractivity contribution in [2.24, 2.45) is 7.05 Å². The van der Waals surface area contributed by atoms with E-state index in [9.17, 15) is 27.6 Å². The number of esters is 1. The highest BCUT2D eigenvalue weighted by Gasteiger charge is 2.46. The Labute approximate surface area is 278 Å². The number of aromatic nitrogens is 2. The molecule has 2 aromatic heterocycles. The highest BCUT2D eigenvalue weighted by atomic mass is 19.4. The molecule has 1 aliphatic heterocycles. The number of pyridine rings is 2. The van der Waals surface area contributed by atoms with Crippen molar-refractivity contribution in [3.63, 3.8) is 0 Å². The van der Waals surface area contributed by atoms with Crippen LogP contribution in [0.1, 0.15) is 21.6 Å². The van der Waals surface area contributed by atoms with Crippen molar-refractivity contribution in [2.45, 2.75) is 31.6 Å². The van der Waals surface area contributed by atoms with Crippen LogP contribution in [-0.4, -0.2) is 80.7 Å². The van der Waals surface area contributed by atoms with Crippen LogP contribution in [-0.2, 0) is 27.7 Å². The Hall–Kier alpha value is -5.05. The van der Waals surface area contributed by atoms with E-state index < -0.39 is 59.6 Å². The number of carbonyl (C=O) groups excluding carboxylic acids is 2. The molecule has 15 heteroatoms. The van der Waals surface area contributed by atoms with Gasteiger partial charge in [0.2, 0.25) is 0 Å². The van der Waals surface area contributed by atoms with Crippen LogP contribution < -0.4 is 20.7 Å². The number of methoxy groups -OCH3 is 1. The first-order valence-electron chi connectivity index (χ1n) is 15.2. The van der Waals surface area contributed by atoms with Crippen molar-refractivity contribution in [3.8, 4) is 11.1 Å². The average Bonchev–Trinajstić information content (AvgIpc) is 3.06.